The molecule has 1 aromatic heterocycles. The van der Waals surface area contributed by atoms with Gasteiger partial charge in [-0.3, -0.25) is 4.79 Å². The molecule has 0 aliphatic heterocycles. The number of nitrogens with zero attached hydrogens (tertiary/aromatic N) is 2. The van der Waals surface area contributed by atoms with Crippen LogP contribution in [0.25, 0.3) is 11.0 Å². The van der Waals surface area contributed by atoms with Crippen LogP contribution in [0.2, 0.25) is 0 Å². The molecule has 0 bridgehead atoms. The maximum atomic E-state index is 12.4. The van der Waals surface area contributed by atoms with Gasteiger partial charge in [-0.2, -0.15) is 0 Å². The van der Waals surface area contributed by atoms with Crippen molar-refractivity contribution in [3.63, 3.8) is 0 Å². The number of ether oxygens (including phenoxy) is 1. The SMILES string of the molecule is Cc1ccc(C)c(OCC(=O)NCc2nc3ccccc3n2Cc2ccccc2)c1. The second kappa shape index (κ2) is 8.82. The Kier molecular flexibility index (Phi) is 5.80. The van der Waals surface area contributed by atoms with Crippen molar-refractivity contribution in [1.29, 1.82) is 0 Å². The van der Waals surface area contributed by atoms with Crippen molar-refractivity contribution in [3.8, 4) is 5.75 Å². The quantitative estimate of drug-likeness (QED) is 0.501. The smallest absolute Gasteiger partial charge is 0.258 e. The van der Waals surface area contributed by atoms with E-state index >= 15 is 0 Å². The van der Waals surface area contributed by atoms with E-state index in [-0.39, 0.29) is 12.5 Å². The summed E-state index contributed by atoms with van der Waals surface area (Å²) >= 11 is 0. The first kappa shape index (κ1) is 19.7. The molecule has 0 aliphatic rings. The molecule has 1 N–H and O–H groups in total. The van der Waals surface area contributed by atoms with Crippen LogP contribution in [0.15, 0.2) is 72.8 Å². The van der Waals surface area contributed by atoms with Crippen LogP contribution in [0.4, 0.5) is 0 Å². The van der Waals surface area contributed by atoms with Crippen molar-refractivity contribution in [2.45, 2.75) is 26.9 Å². The number of nitrogens with one attached hydrogen (secondary N) is 1. The lowest BCUT2D eigenvalue weighted by Gasteiger charge is -2.12. The third-order valence-electron chi connectivity index (χ3n) is 5.06. The molecule has 0 spiro atoms. The first-order valence-electron chi connectivity index (χ1n) is 10.0. The number of para-hydroxylation sites is 2. The van der Waals surface area contributed by atoms with Gasteiger partial charge in [-0.25, -0.2) is 4.98 Å². The number of carbonyl (C=O) groups excluding carboxylic acids is 1. The summed E-state index contributed by atoms with van der Waals surface area (Å²) in [6.45, 7) is 4.99. The van der Waals surface area contributed by atoms with Gasteiger partial charge in [0.25, 0.3) is 5.91 Å². The number of aromatic nitrogens is 2. The summed E-state index contributed by atoms with van der Waals surface area (Å²) in [6, 6.07) is 24.2. The van der Waals surface area contributed by atoms with Crippen LogP contribution in [0.1, 0.15) is 22.5 Å². The number of imidazole rings is 1. The van der Waals surface area contributed by atoms with Crippen LogP contribution >= 0.6 is 0 Å². The number of rotatable bonds is 7. The Morgan fingerprint density at radius 2 is 1.77 bits per heavy atom. The zero-order valence-electron chi connectivity index (χ0n) is 17.3. The Bertz CT molecular complexity index is 1170. The molecule has 0 fully saturated rings. The molecule has 5 nitrogen and oxygen atoms in total. The molecule has 1 heterocycles. The first-order valence-corrected chi connectivity index (χ1v) is 10.0. The van der Waals surface area contributed by atoms with Crippen molar-refractivity contribution in [2.75, 3.05) is 6.61 Å². The summed E-state index contributed by atoms with van der Waals surface area (Å²) in [5.74, 6) is 1.39. The van der Waals surface area contributed by atoms with Gasteiger partial charge in [0, 0.05) is 6.54 Å². The van der Waals surface area contributed by atoms with E-state index in [4.69, 9.17) is 9.72 Å². The van der Waals surface area contributed by atoms with Gasteiger partial charge in [-0.1, -0.05) is 54.6 Å². The van der Waals surface area contributed by atoms with Gasteiger partial charge in [-0.05, 0) is 48.7 Å². The topological polar surface area (TPSA) is 56.1 Å². The van der Waals surface area contributed by atoms with Gasteiger partial charge in [0.15, 0.2) is 6.61 Å². The van der Waals surface area contributed by atoms with Gasteiger partial charge in [-0.15, -0.1) is 0 Å². The average molecular weight is 399 g/mol. The van der Waals surface area contributed by atoms with Crippen LogP contribution in [-0.4, -0.2) is 22.1 Å². The van der Waals surface area contributed by atoms with E-state index in [1.807, 2.05) is 68.4 Å². The largest absolute Gasteiger partial charge is 0.483 e. The molecule has 0 aliphatic carbocycles. The predicted molar refractivity (Wildman–Crippen MR) is 119 cm³/mol. The summed E-state index contributed by atoms with van der Waals surface area (Å²) in [6.07, 6.45) is 0. The first-order chi connectivity index (χ1) is 14.6. The summed E-state index contributed by atoms with van der Waals surface area (Å²) in [5, 5.41) is 2.94. The Morgan fingerprint density at radius 1 is 1.00 bits per heavy atom. The molecule has 3 aromatic carbocycles. The zero-order chi connectivity index (χ0) is 20.9. The fourth-order valence-corrected chi connectivity index (χ4v) is 3.44. The lowest BCUT2D eigenvalue weighted by Crippen LogP contribution is -2.29. The molecule has 30 heavy (non-hydrogen) atoms. The number of benzene rings is 3. The maximum absolute atomic E-state index is 12.4. The number of carbonyl (C=O) groups is 1. The molecule has 152 valence electrons. The Labute approximate surface area is 176 Å². The third-order valence-corrected chi connectivity index (χ3v) is 5.06. The van der Waals surface area contributed by atoms with Crippen LogP contribution < -0.4 is 10.1 Å². The highest BCUT2D eigenvalue weighted by atomic mass is 16.5. The second-order valence-electron chi connectivity index (χ2n) is 7.42. The summed E-state index contributed by atoms with van der Waals surface area (Å²) in [5.41, 5.74) is 5.27. The minimum atomic E-state index is -0.172. The minimum Gasteiger partial charge on any atom is -0.483 e. The fourth-order valence-electron chi connectivity index (χ4n) is 3.44. The number of amides is 1. The normalized spacial score (nSPS) is 10.9. The molecular weight excluding hydrogens is 374 g/mol. The molecule has 0 atom stereocenters. The number of fused-ring (bicyclic) bond motifs is 1. The number of hydrogen-bond donors (Lipinski definition) is 1. The highest BCUT2D eigenvalue weighted by Gasteiger charge is 2.12. The standard InChI is InChI=1S/C25H25N3O2/c1-18-12-13-19(2)23(14-18)30-17-25(29)26-15-24-27-21-10-6-7-11-22(21)28(24)16-20-8-4-3-5-9-20/h3-14H,15-17H2,1-2H3,(H,26,29). The summed E-state index contributed by atoms with van der Waals surface area (Å²) in [4.78, 5) is 17.1. The van der Waals surface area contributed by atoms with Crippen molar-refractivity contribution in [1.82, 2.24) is 14.9 Å². The Morgan fingerprint density at radius 3 is 2.60 bits per heavy atom. The van der Waals surface area contributed by atoms with Gasteiger partial charge < -0.3 is 14.6 Å². The van der Waals surface area contributed by atoms with E-state index in [1.54, 1.807) is 0 Å². The lowest BCUT2D eigenvalue weighted by molar-refractivity contribution is -0.123. The Balaban J connectivity index is 1.46. The van der Waals surface area contributed by atoms with Crippen LogP contribution in [-0.2, 0) is 17.9 Å². The van der Waals surface area contributed by atoms with Gasteiger partial charge >= 0.3 is 0 Å². The van der Waals surface area contributed by atoms with Crippen LogP contribution in [0, 0.1) is 13.8 Å². The molecule has 4 aromatic rings. The number of hydrogen-bond acceptors (Lipinski definition) is 3. The third kappa shape index (κ3) is 4.51. The average Bonchev–Trinajstić information content (AvgIpc) is 3.11. The van der Waals surface area contributed by atoms with E-state index in [0.29, 0.717) is 13.1 Å². The minimum absolute atomic E-state index is 0.0246. The molecule has 1 amide bonds. The summed E-state index contributed by atoms with van der Waals surface area (Å²) < 4.78 is 7.86. The van der Waals surface area contributed by atoms with E-state index in [2.05, 4.69) is 28.1 Å². The highest BCUT2D eigenvalue weighted by Crippen LogP contribution is 2.20. The molecule has 0 saturated heterocycles. The lowest BCUT2D eigenvalue weighted by atomic mass is 10.1. The van der Waals surface area contributed by atoms with Gasteiger partial charge in [0.05, 0.1) is 17.6 Å². The molecule has 5 heteroatoms. The number of aryl methyl sites for hydroxylation is 2. The van der Waals surface area contributed by atoms with E-state index in [0.717, 1.165) is 33.7 Å². The molecule has 0 saturated carbocycles. The van der Waals surface area contributed by atoms with Crippen molar-refractivity contribution in [3.05, 3.63) is 95.3 Å². The van der Waals surface area contributed by atoms with E-state index in [9.17, 15) is 4.79 Å². The Hall–Kier alpha value is -3.60. The zero-order valence-corrected chi connectivity index (χ0v) is 17.3. The summed E-state index contributed by atoms with van der Waals surface area (Å²) in [7, 11) is 0. The van der Waals surface area contributed by atoms with E-state index < -0.39 is 0 Å². The monoisotopic (exact) mass is 399 g/mol. The van der Waals surface area contributed by atoms with Crippen LogP contribution in [0.3, 0.4) is 0 Å². The van der Waals surface area contributed by atoms with Crippen LogP contribution in [0.5, 0.6) is 5.75 Å². The second-order valence-corrected chi connectivity index (χ2v) is 7.42. The fraction of sp³-hybridized carbons (Fsp3) is 0.200. The molecule has 0 radical (unpaired) electrons. The van der Waals surface area contributed by atoms with Crippen molar-refractivity contribution < 1.29 is 9.53 Å². The highest BCUT2D eigenvalue weighted by molar-refractivity contribution is 5.78. The maximum Gasteiger partial charge on any atom is 0.258 e. The van der Waals surface area contributed by atoms with Crippen molar-refractivity contribution >= 4 is 16.9 Å². The van der Waals surface area contributed by atoms with E-state index in [1.165, 1.54) is 5.56 Å². The molecule has 0 unspecified atom stereocenters. The molecule has 4 rings (SSSR count). The predicted octanol–water partition coefficient (Wildman–Crippen LogP) is 4.40. The molecular formula is C25H25N3O2. The van der Waals surface area contributed by atoms with Gasteiger partial charge in [0.2, 0.25) is 0 Å². The van der Waals surface area contributed by atoms with Gasteiger partial charge in [0.1, 0.15) is 11.6 Å². The van der Waals surface area contributed by atoms with Crippen molar-refractivity contribution in [2.24, 2.45) is 0 Å².